The summed E-state index contributed by atoms with van der Waals surface area (Å²) in [5, 5.41) is 8.87. The average Bonchev–Trinajstić information content (AvgIpc) is 2.29. The van der Waals surface area contributed by atoms with Gasteiger partial charge in [0.05, 0.1) is 24.7 Å². The second-order valence-corrected chi connectivity index (χ2v) is 3.11. The molecule has 0 bridgehead atoms. The van der Waals surface area contributed by atoms with Crippen LogP contribution in [0.2, 0.25) is 0 Å². The fourth-order valence-electron chi connectivity index (χ4n) is 1.31. The van der Waals surface area contributed by atoms with Crippen LogP contribution < -0.4 is 11.3 Å². The lowest BCUT2D eigenvalue weighted by Gasteiger charge is -2.06. The van der Waals surface area contributed by atoms with Gasteiger partial charge in [-0.3, -0.25) is 10.6 Å². The summed E-state index contributed by atoms with van der Waals surface area (Å²) in [6, 6.07) is 6.97. The van der Waals surface area contributed by atoms with E-state index in [1.807, 2.05) is 6.07 Å². The van der Waals surface area contributed by atoms with Crippen LogP contribution in [0.4, 0.5) is 5.69 Å². The number of nitrogens with zero attached hydrogens (tertiary/aromatic N) is 1. The topological polar surface area (TPSA) is 88.1 Å². The van der Waals surface area contributed by atoms with E-state index in [1.54, 1.807) is 25.1 Å². The van der Waals surface area contributed by atoms with E-state index in [-0.39, 0.29) is 12.4 Å². The number of hydrogen-bond acceptors (Lipinski definition) is 5. The van der Waals surface area contributed by atoms with Gasteiger partial charge in [-0.2, -0.15) is 5.26 Å². The molecule has 5 nitrogen and oxygen atoms in total. The Kier molecular flexibility index (Phi) is 4.30. The van der Waals surface area contributed by atoms with E-state index < -0.39 is 0 Å². The molecule has 0 atom stereocenters. The maximum atomic E-state index is 11.3. The number of nitrogens with one attached hydrogen (secondary N) is 1. The van der Waals surface area contributed by atoms with Crippen LogP contribution in [0.1, 0.15) is 18.1 Å². The molecule has 3 N–H and O–H groups in total. The van der Waals surface area contributed by atoms with Gasteiger partial charge in [0.2, 0.25) is 0 Å². The Hall–Kier alpha value is -2.06. The van der Waals surface area contributed by atoms with Crippen LogP contribution in [0.25, 0.3) is 0 Å². The number of nitriles is 1. The van der Waals surface area contributed by atoms with E-state index in [4.69, 9.17) is 15.8 Å². The molecule has 0 unspecified atom stereocenters. The molecule has 0 saturated carbocycles. The fraction of sp³-hybridized carbons (Fsp3) is 0.273. The van der Waals surface area contributed by atoms with E-state index in [9.17, 15) is 4.79 Å². The van der Waals surface area contributed by atoms with E-state index in [0.717, 1.165) is 0 Å². The Morgan fingerprint density at radius 2 is 2.38 bits per heavy atom. The number of nitrogen functional groups attached to an aromatic ring is 1. The van der Waals surface area contributed by atoms with Gasteiger partial charge in [0, 0.05) is 5.69 Å². The van der Waals surface area contributed by atoms with Gasteiger partial charge in [0.1, 0.15) is 0 Å². The van der Waals surface area contributed by atoms with Crippen molar-refractivity contribution in [2.24, 2.45) is 5.84 Å². The molecule has 84 valence electrons. The predicted molar refractivity (Wildman–Crippen MR) is 59.3 cm³/mol. The summed E-state index contributed by atoms with van der Waals surface area (Å²) in [4.78, 5) is 11.3. The lowest BCUT2D eigenvalue weighted by molar-refractivity contribution is -0.142. The molecule has 1 rings (SSSR count). The van der Waals surface area contributed by atoms with Crippen LogP contribution in [-0.2, 0) is 16.0 Å². The molecular formula is C11H13N3O2. The fourth-order valence-corrected chi connectivity index (χ4v) is 1.31. The van der Waals surface area contributed by atoms with Crippen molar-refractivity contribution in [1.29, 1.82) is 5.26 Å². The first kappa shape index (κ1) is 12.0. The van der Waals surface area contributed by atoms with Crippen molar-refractivity contribution in [2.45, 2.75) is 13.3 Å². The Balaban J connectivity index is 2.92. The van der Waals surface area contributed by atoms with Crippen molar-refractivity contribution in [2.75, 3.05) is 12.0 Å². The molecule has 0 spiro atoms. The molecule has 0 aromatic heterocycles. The number of hydrazine groups is 1. The SMILES string of the molecule is CCOC(=O)Cc1cc(NN)ccc1C#N. The van der Waals surface area contributed by atoms with Gasteiger partial charge in [-0.1, -0.05) is 0 Å². The molecule has 5 heteroatoms. The highest BCUT2D eigenvalue weighted by Gasteiger charge is 2.09. The molecule has 0 heterocycles. The molecule has 0 aliphatic rings. The zero-order valence-corrected chi connectivity index (χ0v) is 8.99. The summed E-state index contributed by atoms with van der Waals surface area (Å²) in [5.41, 5.74) is 4.17. The first-order valence-electron chi connectivity index (χ1n) is 4.86. The molecule has 0 amide bonds. The number of benzene rings is 1. The molecular weight excluding hydrogens is 206 g/mol. The molecule has 0 saturated heterocycles. The number of hydrogen-bond donors (Lipinski definition) is 2. The van der Waals surface area contributed by atoms with Gasteiger partial charge in [-0.05, 0) is 30.7 Å². The minimum absolute atomic E-state index is 0.0756. The van der Waals surface area contributed by atoms with Crippen molar-refractivity contribution in [3.63, 3.8) is 0 Å². The van der Waals surface area contributed by atoms with E-state index in [1.165, 1.54) is 0 Å². The van der Waals surface area contributed by atoms with Crippen LogP contribution in [0.15, 0.2) is 18.2 Å². The van der Waals surface area contributed by atoms with Crippen LogP contribution in [-0.4, -0.2) is 12.6 Å². The third-order valence-corrected chi connectivity index (χ3v) is 2.03. The van der Waals surface area contributed by atoms with Gasteiger partial charge in [-0.25, -0.2) is 0 Å². The number of ether oxygens (including phenoxy) is 1. The summed E-state index contributed by atoms with van der Waals surface area (Å²) in [6.07, 6.45) is 0.0756. The standard InChI is InChI=1S/C11H13N3O2/c1-2-16-11(15)6-9-5-10(14-13)4-3-8(9)7-12/h3-5,14H,2,6,13H2,1H3. The highest BCUT2D eigenvalue weighted by atomic mass is 16.5. The second kappa shape index (κ2) is 5.73. The number of carbonyl (C=O) groups excluding carboxylic acids is 1. The molecule has 1 aromatic carbocycles. The summed E-state index contributed by atoms with van der Waals surface area (Å²) in [6.45, 7) is 2.07. The lowest BCUT2D eigenvalue weighted by Crippen LogP contribution is -2.11. The molecule has 0 radical (unpaired) electrons. The van der Waals surface area contributed by atoms with Gasteiger partial charge in [0.15, 0.2) is 0 Å². The first-order chi connectivity index (χ1) is 7.71. The molecule has 1 aromatic rings. The summed E-state index contributed by atoms with van der Waals surface area (Å²) in [5.74, 6) is 4.90. The maximum Gasteiger partial charge on any atom is 0.310 e. The number of carbonyl (C=O) groups is 1. The number of esters is 1. The highest BCUT2D eigenvalue weighted by Crippen LogP contribution is 2.15. The maximum absolute atomic E-state index is 11.3. The van der Waals surface area contributed by atoms with Crippen LogP contribution in [0.5, 0.6) is 0 Å². The van der Waals surface area contributed by atoms with E-state index in [0.29, 0.717) is 23.4 Å². The predicted octanol–water partition coefficient (Wildman–Crippen LogP) is 0.949. The van der Waals surface area contributed by atoms with Gasteiger partial charge in [-0.15, -0.1) is 0 Å². The molecule has 0 aliphatic carbocycles. The van der Waals surface area contributed by atoms with E-state index >= 15 is 0 Å². The number of nitrogens with two attached hydrogens (primary N) is 1. The minimum atomic E-state index is -0.354. The van der Waals surface area contributed by atoms with Gasteiger partial charge >= 0.3 is 5.97 Å². The largest absolute Gasteiger partial charge is 0.466 e. The third kappa shape index (κ3) is 2.97. The van der Waals surface area contributed by atoms with Crippen molar-refractivity contribution < 1.29 is 9.53 Å². The smallest absolute Gasteiger partial charge is 0.310 e. The van der Waals surface area contributed by atoms with E-state index in [2.05, 4.69) is 5.43 Å². The van der Waals surface area contributed by atoms with Crippen molar-refractivity contribution in [3.05, 3.63) is 29.3 Å². The lowest BCUT2D eigenvalue weighted by atomic mass is 10.0. The second-order valence-electron chi connectivity index (χ2n) is 3.11. The van der Waals surface area contributed by atoms with Crippen LogP contribution in [0, 0.1) is 11.3 Å². The number of anilines is 1. The Labute approximate surface area is 93.8 Å². The Morgan fingerprint density at radius 3 is 2.94 bits per heavy atom. The zero-order valence-electron chi connectivity index (χ0n) is 8.99. The van der Waals surface area contributed by atoms with Crippen molar-refractivity contribution >= 4 is 11.7 Å². The summed E-state index contributed by atoms with van der Waals surface area (Å²) >= 11 is 0. The zero-order chi connectivity index (χ0) is 12.0. The van der Waals surface area contributed by atoms with Crippen LogP contribution in [0.3, 0.4) is 0 Å². The quantitative estimate of drug-likeness (QED) is 0.447. The Morgan fingerprint density at radius 1 is 1.62 bits per heavy atom. The molecule has 0 aliphatic heterocycles. The molecule has 16 heavy (non-hydrogen) atoms. The summed E-state index contributed by atoms with van der Waals surface area (Å²) < 4.78 is 4.82. The minimum Gasteiger partial charge on any atom is -0.466 e. The summed E-state index contributed by atoms with van der Waals surface area (Å²) in [7, 11) is 0. The van der Waals surface area contributed by atoms with Crippen LogP contribution >= 0.6 is 0 Å². The van der Waals surface area contributed by atoms with Crippen molar-refractivity contribution in [1.82, 2.24) is 0 Å². The van der Waals surface area contributed by atoms with Crippen molar-refractivity contribution in [3.8, 4) is 6.07 Å². The third-order valence-electron chi connectivity index (χ3n) is 2.03. The average molecular weight is 219 g/mol. The number of rotatable bonds is 4. The Bertz CT molecular complexity index is 424. The van der Waals surface area contributed by atoms with Gasteiger partial charge in [0.25, 0.3) is 0 Å². The normalized spacial score (nSPS) is 9.31. The first-order valence-corrected chi connectivity index (χ1v) is 4.86. The monoisotopic (exact) mass is 219 g/mol. The molecule has 0 fully saturated rings. The highest BCUT2D eigenvalue weighted by molar-refractivity contribution is 5.74. The van der Waals surface area contributed by atoms with Gasteiger partial charge < -0.3 is 10.2 Å².